The highest BCUT2D eigenvalue weighted by molar-refractivity contribution is 9.10. The number of hydrogen-bond donors (Lipinski definition) is 1. The van der Waals surface area contributed by atoms with Crippen LogP contribution >= 0.6 is 27.7 Å². The number of amidine groups is 1. The molecule has 1 atom stereocenters. The number of nitrogens with zero attached hydrogens (tertiary/aromatic N) is 2. The number of benzene rings is 1. The fraction of sp³-hybridized carbons (Fsp3) is 0.333. The average Bonchev–Trinajstić information content (AvgIpc) is 2.83. The molecule has 110 valence electrons. The van der Waals surface area contributed by atoms with E-state index < -0.39 is 0 Å². The largest absolute Gasteiger partial charge is 0.341 e. The van der Waals surface area contributed by atoms with Gasteiger partial charge in [-0.05, 0) is 42.5 Å². The van der Waals surface area contributed by atoms with Gasteiger partial charge < -0.3 is 10.2 Å². The van der Waals surface area contributed by atoms with Crippen LogP contribution in [0.3, 0.4) is 0 Å². The molecule has 0 bridgehead atoms. The van der Waals surface area contributed by atoms with Crippen molar-refractivity contribution in [2.45, 2.75) is 13.0 Å². The molecule has 0 unspecified atom stereocenters. The molecule has 0 aromatic heterocycles. The fourth-order valence-electron chi connectivity index (χ4n) is 2.45. The number of quaternary nitrogens is 1. The Morgan fingerprint density at radius 2 is 2.19 bits per heavy atom. The van der Waals surface area contributed by atoms with Crippen molar-refractivity contribution in [3.05, 3.63) is 39.2 Å². The molecule has 1 amide bonds. The van der Waals surface area contributed by atoms with E-state index in [9.17, 15) is 4.79 Å². The van der Waals surface area contributed by atoms with Gasteiger partial charge in [0, 0.05) is 4.47 Å². The zero-order valence-electron chi connectivity index (χ0n) is 11.8. The van der Waals surface area contributed by atoms with E-state index in [-0.39, 0.29) is 5.91 Å². The normalized spacial score (nSPS) is 24.6. The minimum Gasteiger partial charge on any atom is -0.341 e. The number of aliphatic imine (C=N–C) groups is 1. The van der Waals surface area contributed by atoms with Gasteiger partial charge in [0.05, 0.1) is 24.5 Å². The summed E-state index contributed by atoms with van der Waals surface area (Å²) in [6.45, 7) is 5.16. The van der Waals surface area contributed by atoms with E-state index in [1.54, 1.807) is 0 Å². The van der Waals surface area contributed by atoms with Crippen LogP contribution in [0.15, 0.2) is 38.6 Å². The minimum absolute atomic E-state index is 0.125. The number of piperazine rings is 1. The monoisotopic (exact) mass is 366 g/mol. The van der Waals surface area contributed by atoms with Crippen LogP contribution in [0.4, 0.5) is 0 Å². The number of rotatable bonds is 1. The average molecular weight is 367 g/mol. The van der Waals surface area contributed by atoms with Crippen LogP contribution in [0.1, 0.15) is 12.5 Å². The van der Waals surface area contributed by atoms with Gasteiger partial charge in [-0.1, -0.05) is 28.1 Å². The quantitative estimate of drug-likeness (QED) is 0.769. The molecule has 1 aromatic carbocycles. The third-order valence-corrected chi connectivity index (χ3v) is 5.10. The van der Waals surface area contributed by atoms with Gasteiger partial charge in [0.1, 0.15) is 6.04 Å². The third kappa shape index (κ3) is 3.56. The zero-order valence-corrected chi connectivity index (χ0v) is 14.2. The Hall–Kier alpha value is -1.11. The molecule has 0 aliphatic carbocycles. The Kier molecular flexibility index (Phi) is 4.47. The van der Waals surface area contributed by atoms with Crippen molar-refractivity contribution >= 4 is 44.8 Å². The first-order valence-electron chi connectivity index (χ1n) is 6.98. The smallest absolute Gasteiger partial charge is 0.286 e. The number of carbonyl (C=O) groups excluding carboxylic acids is 1. The predicted octanol–water partition coefficient (Wildman–Crippen LogP) is 1.69. The molecule has 2 heterocycles. The second-order valence-electron chi connectivity index (χ2n) is 5.31. The Bertz CT molecular complexity index is 612. The second-order valence-corrected chi connectivity index (χ2v) is 7.23. The highest BCUT2D eigenvalue weighted by atomic mass is 79.9. The number of nitrogens with two attached hydrogens (primary N) is 1. The number of thioether (sulfide) groups is 1. The predicted molar refractivity (Wildman–Crippen MR) is 90.0 cm³/mol. The van der Waals surface area contributed by atoms with Gasteiger partial charge >= 0.3 is 0 Å². The summed E-state index contributed by atoms with van der Waals surface area (Å²) in [6, 6.07) is 8.47. The van der Waals surface area contributed by atoms with Crippen molar-refractivity contribution in [2.75, 3.05) is 19.6 Å². The molecule has 21 heavy (non-hydrogen) atoms. The zero-order chi connectivity index (χ0) is 14.8. The molecule has 0 saturated carbocycles. The van der Waals surface area contributed by atoms with Crippen LogP contribution < -0.4 is 5.32 Å². The van der Waals surface area contributed by atoms with E-state index in [0.717, 1.165) is 34.8 Å². The van der Waals surface area contributed by atoms with Crippen LogP contribution in [0.2, 0.25) is 0 Å². The first kappa shape index (κ1) is 14.8. The van der Waals surface area contributed by atoms with Gasteiger partial charge in [-0.15, -0.1) is 0 Å². The lowest BCUT2D eigenvalue weighted by atomic mass is 10.2. The maximum absolute atomic E-state index is 12.1. The molecular formula is C15H17BrN3OS+. The summed E-state index contributed by atoms with van der Waals surface area (Å²) in [5.41, 5.74) is 1.02. The van der Waals surface area contributed by atoms with Crippen LogP contribution in [0.25, 0.3) is 6.08 Å². The molecule has 2 aliphatic heterocycles. The molecule has 6 heteroatoms. The summed E-state index contributed by atoms with van der Waals surface area (Å²) < 4.78 is 1.03. The number of amides is 1. The first-order valence-corrected chi connectivity index (χ1v) is 8.59. The Balaban J connectivity index is 1.73. The van der Waals surface area contributed by atoms with E-state index in [0.29, 0.717) is 10.9 Å². The van der Waals surface area contributed by atoms with Gasteiger partial charge in [0.15, 0.2) is 5.17 Å². The van der Waals surface area contributed by atoms with Crippen LogP contribution in [-0.2, 0) is 4.79 Å². The van der Waals surface area contributed by atoms with E-state index in [2.05, 4.69) is 38.1 Å². The Morgan fingerprint density at radius 3 is 2.90 bits per heavy atom. The SMILES string of the molecule is C[C@H]1CN(C2=NC(=O)/C(=C\c3ccc(Br)cc3)S2)CC[NH2+]1. The van der Waals surface area contributed by atoms with Crippen molar-refractivity contribution < 1.29 is 10.1 Å². The lowest BCUT2D eigenvalue weighted by Crippen LogP contribution is -2.94. The number of carbonyl (C=O) groups is 1. The lowest BCUT2D eigenvalue weighted by Gasteiger charge is -2.29. The molecule has 2 N–H and O–H groups in total. The van der Waals surface area contributed by atoms with Gasteiger partial charge in [-0.25, -0.2) is 0 Å². The minimum atomic E-state index is -0.125. The van der Waals surface area contributed by atoms with Gasteiger partial charge in [0.25, 0.3) is 5.91 Å². The van der Waals surface area contributed by atoms with E-state index in [1.807, 2.05) is 30.3 Å². The standard InChI is InChI=1S/C15H16BrN3OS/c1-10-9-19(7-6-17-10)15-18-14(20)13(21-15)8-11-2-4-12(16)5-3-11/h2-5,8,10,17H,6-7,9H2,1H3/p+1/b13-8+/t10-/m0/s1. The topological polar surface area (TPSA) is 49.3 Å². The third-order valence-electron chi connectivity index (χ3n) is 3.52. The molecule has 3 rings (SSSR count). The molecule has 0 radical (unpaired) electrons. The van der Waals surface area contributed by atoms with Crippen molar-refractivity contribution in [3.8, 4) is 0 Å². The summed E-state index contributed by atoms with van der Waals surface area (Å²) in [5.74, 6) is -0.125. The van der Waals surface area contributed by atoms with Crippen LogP contribution in [0, 0.1) is 0 Å². The van der Waals surface area contributed by atoms with Crippen LogP contribution in [0.5, 0.6) is 0 Å². The molecule has 1 saturated heterocycles. The van der Waals surface area contributed by atoms with Crippen LogP contribution in [-0.4, -0.2) is 41.7 Å². The van der Waals surface area contributed by atoms with E-state index in [4.69, 9.17) is 0 Å². The van der Waals surface area contributed by atoms with E-state index >= 15 is 0 Å². The molecule has 0 spiro atoms. The lowest BCUT2D eigenvalue weighted by molar-refractivity contribution is -0.693. The first-order chi connectivity index (χ1) is 10.1. The fourth-order valence-corrected chi connectivity index (χ4v) is 3.66. The maximum Gasteiger partial charge on any atom is 0.286 e. The Labute approximate surface area is 136 Å². The summed E-state index contributed by atoms with van der Waals surface area (Å²) in [4.78, 5) is 19.2. The highest BCUT2D eigenvalue weighted by Crippen LogP contribution is 2.30. The van der Waals surface area contributed by atoms with Gasteiger partial charge in [0.2, 0.25) is 0 Å². The molecule has 1 fully saturated rings. The maximum atomic E-state index is 12.1. The summed E-state index contributed by atoms with van der Waals surface area (Å²) in [7, 11) is 0. The summed E-state index contributed by atoms with van der Waals surface area (Å²) in [5, 5.41) is 3.18. The van der Waals surface area contributed by atoms with Crippen molar-refractivity contribution in [1.29, 1.82) is 0 Å². The molecule has 2 aliphatic rings. The molecule has 4 nitrogen and oxygen atoms in total. The van der Waals surface area contributed by atoms with Crippen molar-refractivity contribution in [2.24, 2.45) is 4.99 Å². The number of hydrogen-bond acceptors (Lipinski definition) is 3. The second kappa shape index (κ2) is 6.34. The van der Waals surface area contributed by atoms with E-state index in [1.165, 1.54) is 11.8 Å². The summed E-state index contributed by atoms with van der Waals surface area (Å²) in [6.07, 6.45) is 1.91. The highest BCUT2D eigenvalue weighted by Gasteiger charge is 2.29. The van der Waals surface area contributed by atoms with Gasteiger partial charge in [-0.3, -0.25) is 4.79 Å². The molecule has 1 aromatic rings. The summed E-state index contributed by atoms with van der Waals surface area (Å²) >= 11 is 4.90. The van der Waals surface area contributed by atoms with Crippen molar-refractivity contribution in [1.82, 2.24) is 4.90 Å². The van der Waals surface area contributed by atoms with Crippen molar-refractivity contribution in [3.63, 3.8) is 0 Å². The number of halogens is 1. The van der Waals surface area contributed by atoms with Gasteiger partial charge in [-0.2, -0.15) is 4.99 Å². The molecular weight excluding hydrogens is 350 g/mol. The Morgan fingerprint density at radius 1 is 1.43 bits per heavy atom.